The maximum Gasteiger partial charge on any atom is 0.259 e. The lowest BCUT2D eigenvalue weighted by molar-refractivity contribution is 0.102. The summed E-state index contributed by atoms with van der Waals surface area (Å²) in [4.78, 5) is 16.0. The molecule has 0 aliphatic rings. The number of carbonyl (C=O) groups is 1. The molecule has 0 fully saturated rings. The molecule has 0 radical (unpaired) electrons. The topological polar surface area (TPSA) is 85.8 Å². The summed E-state index contributed by atoms with van der Waals surface area (Å²) in [7, 11) is 1.85. The summed E-state index contributed by atoms with van der Waals surface area (Å²) < 4.78 is 1.75. The van der Waals surface area contributed by atoms with Crippen LogP contribution in [0.3, 0.4) is 0 Å². The molecule has 0 saturated carbocycles. The van der Waals surface area contributed by atoms with Gasteiger partial charge in [0.1, 0.15) is 5.82 Å². The predicted molar refractivity (Wildman–Crippen MR) is 77.3 cm³/mol. The normalized spacial score (nSPS) is 10.7. The molecule has 0 aliphatic carbocycles. The Kier molecular flexibility index (Phi) is 2.83. The number of aryl methyl sites for hydroxylation is 1. The molecule has 0 bridgehead atoms. The third-order valence-corrected chi connectivity index (χ3v) is 3.09. The average molecular weight is 267 g/mol. The van der Waals surface area contributed by atoms with Crippen molar-refractivity contribution in [3.8, 4) is 0 Å². The van der Waals surface area contributed by atoms with Crippen LogP contribution < -0.4 is 11.1 Å². The number of nitrogens with zero attached hydrogens (tertiary/aromatic N) is 3. The van der Waals surface area contributed by atoms with Crippen LogP contribution >= 0.6 is 0 Å². The van der Waals surface area contributed by atoms with Gasteiger partial charge in [-0.05, 0) is 30.3 Å². The molecule has 3 rings (SSSR count). The van der Waals surface area contributed by atoms with E-state index < -0.39 is 0 Å². The van der Waals surface area contributed by atoms with Gasteiger partial charge in [0, 0.05) is 24.3 Å². The first-order chi connectivity index (χ1) is 9.65. The average Bonchev–Trinajstić information content (AvgIpc) is 2.81. The summed E-state index contributed by atoms with van der Waals surface area (Å²) in [6.45, 7) is 0. The molecule has 0 unspecified atom stereocenters. The zero-order valence-corrected chi connectivity index (χ0v) is 10.9. The monoisotopic (exact) mass is 267 g/mol. The quantitative estimate of drug-likeness (QED) is 0.741. The van der Waals surface area contributed by atoms with Crippen molar-refractivity contribution in [2.45, 2.75) is 0 Å². The lowest BCUT2D eigenvalue weighted by atomic mass is 10.2. The number of carbonyl (C=O) groups excluding carboxylic acids is 1. The minimum Gasteiger partial charge on any atom is -0.383 e. The summed E-state index contributed by atoms with van der Waals surface area (Å²) in [6, 6.07) is 8.92. The maximum absolute atomic E-state index is 12.1. The molecule has 0 aliphatic heterocycles. The highest BCUT2D eigenvalue weighted by Crippen LogP contribution is 2.19. The number of hydrogen-bond donors (Lipinski definition) is 2. The van der Waals surface area contributed by atoms with Crippen molar-refractivity contribution in [2.75, 3.05) is 11.1 Å². The van der Waals surface area contributed by atoms with Crippen LogP contribution in [0.1, 0.15) is 10.4 Å². The molecule has 20 heavy (non-hydrogen) atoms. The van der Waals surface area contributed by atoms with Crippen molar-refractivity contribution in [2.24, 2.45) is 7.05 Å². The smallest absolute Gasteiger partial charge is 0.259 e. The van der Waals surface area contributed by atoms with Gasteiger partial charge in [-0.15, -0.1) is 0 Å². The summed E-state index contributed by atoms with van der Waals surface area (Å²) in [5.74, 6) is -0.0660. The van der Waals surface area contributed by atoms with Crippen LogP contribution in [0.15, 0.2) is 42.7 Å². The molecule has 2 aromatic heterocycles. The van der Waals surface area contributed by atoms with E-state index in [0.29, 0.717) is 11.3 Å². The van der Waals surface area contributed by atoms with Crippen molar-refractivity contribution in [1.29, 1.82) is 0 Å². The fourth-order valence-corrected chi connectivity index (χ4v) is 2.03. The molecule has 0 saturated heterocycles. The van der Waals surface area contributed by atoms with Crippen molar-refractivity contribution >= 4 is 28.3 Å². The first-order valence-corrected chi connectivity index (χ1v) is 6.09. The number of pyridine rings is 1. The van der Waals surface area contributed by atoms with Gasteiger partial charge < -0.3 is 11.1 Å². The van der Waals surface area contributed by atoms with E-state index >= 15 is 0 Å². The molecule has 6 heteroatoms. The highest BCUT2D eigenvalue weighted by Gasteiger charge is 2.10. The molecule has 6 nitrogen and oxygen atoms in total. The fraction of sp³-hybridized carbons (Fsp3) is 0.0714. The minimum atomic E-state index is -0.280. The predicted octanol–water partition coefficient (Wildman–Crippen LogP) is 1.80. The van der Waals surface area contributed by atoms with Crippen LogP contribution in [0.4, 0.5) is 11.5 Å². The van der Waals surface area contributed by atoms with E-state index in [1.807, 2.05) is 25.2 Å². The number of fused-ring (bicyclic) bond motifs is 1. The highest BCUT2D eigenvalue weighted by atomic mass is 16.1. The third kappa shape index (κ3) is 2.07. The highest BCUT2D eigenvalue weighted by molar-refractivity contribution is 6.07. The van der Waals surface area contributed by atoms with E-state index in [1.54, 1.807) is 29.2 Å². The fourth-order valence-electron chi connectivity index (χ4n) is 2.03. The number of amides is 1. The van der Waals surface area contributed by atoms with E-state index in [0.717, 1.165) is 10.9 Å². The molecule has 0 atom stereocenters. The lowest BCUT2D eigenvalue weighted by Crippen LogP contribution is -2.14. The second kappa shape index (κ2) is 4.65. The minimum absolute atomic E-state index is 0.214. The number of nitrogens with two attached hydrogens (primary N) is 1. The molecule has 1 amide bonds. The van der Waals surface area contributed by atoms with Gasteiger partial charge in [0.2, 0.25) is 0 Å². The first kappa shape index (κ1) is 12.2. The molecule has 3 aromatic rings. The number of benzene rings is 1. The van der Waals surface area contributed by atoms with Gasteiger partial charge in [-0.3, -0.25) is 9.48 Å². The van der Waals surface area contributed by atoms with E-state index in [9.17, 15) is 4.79 Å². The number of hydrogen-bond acceptors (Lipinski definition) is 4. The zero-order valence-electron chi connectivity index (χ0n) is 10.9. The summed E-state index contributed by atoms with van der Waals surface area (Å²) >= 11 is 0. The van der Waals surface area contributed by atoms with E-state index in [1.165, 1.54) is 0 Å². The number of nitrogens with one attached hydrogen (secondary N) is 1. The molecule has 3 N–H and O–H groups in total. The van der Waals surface area contributed by atoms with Crippen LogP contribution in [0, 0.1) is 0 Å². The Morgan fingerprint density at radius 3 is 3.00 bits per heavy atom. The Labute approximate surface area is 115 Å². The van der Waals surface area contributed by atoms with E-state index in [2.05, 4.69) is 15.4 Å². The Bertz CT molecular complexity index is 793. The summed E-state index contributed by atoms with van der Waals surface area (Å²) in [5.41, 5.74) is 7.68. The summed E-state index contributed by atoms with van der Waals surface area (Å²) in [6.07, 6.45) is 3.33. The molecule has 2 heterocycles. The van der Waals surface area contributed by atoms with Crippen molar-refractivity contribution < 1.29 is 4.79 Å². The SMILES string of the molecule is Cn1ncc2ccc(NC(=O)c3cccnc3N)cc21. The van der Waals surface area contributed by atoms with Crippen molar-refractivity contribution in [3.05, 3.63) is 48.3 Å². The molecule has 0 spiro atoms. The number of aromatic nitrogens is 3. The third-order valence-electron chi connectivity index (χ3n) is 3.09. The number of anilines is 2. The van der Waals surface area contributed by atoms with Gasteiger partial charge in [-0.25, -0.2) is 4.98 Å². The largest absolute Gasteiger partial charge is 0.383 e. The molecule has 1 aromatic carbocycles. The Balaban J connectivity index is 1.91. The second-order valence-corrected chi connectivity index (χ2v) is 4.43. The van der Waals surface area contributed by atoms with Gasteiger partial charge in [0.25, 0.3) is 5.91 Å². The van der Waals surface area contributed by atoms with Gasteiger partial charge in [0.15, 0.2) is 0 Å². The van der Waals surface area contributed by atoms with Crippen LogP contribution in [0.25, 0.3) is 10.9 Å². The van der Waals surface area contributed by atoms with Gasteiger partial charge in [-0.2, -0.15) is 5.10 Å². The van der Waals surface area contributed by atoms with Gasteiger partial charge in [-0.1, -0.05) is 0 Å². The van der Waals surface area contributed by atoms with Crippen molar-refractivity contribution in [3.63, 3.8) is 0 Å². The lowest BCUT2D eigenvalue weighted by Gasteiger charge is -2.07. The van der Waals surface area contributed by atoms with E-state index in [-0.39, 0.29) is 11.7 Å². The molecular formula is C14H13N5O. The first-order valence-electron chi connectivity index (χ1n) is 6.09. The molecular weight excluding hydrogens is 254 g/mol. The summed E-state index contributed by atoms with van der Waals surface area (Å²) in [5, 5.41) is 7.99. The van der Waals surface area contributed by atoms with Crippen LogP contribution in [-0.4, -0.2) is 20.7 Å². The Hall–Kier alpha value is -2.89. The Morgan fingerprint density at radius 1 is 1.35 bits per heavy atom. The van der Waals surface area contributed by atoms with Gasteiger partial charge >= 0.3 is 0 Å². The van der Waals surface area contributed by atoms with Crippen LogP contribution in [0.5, 0.6) is 0 Å². The van der Waals surface area contributed by atoms with E-state index in [4.69, 9.17) is 5.73 Å². The van der Waals surface area contributed by atoms with Crippen molar-refractivity contribution in [1.82, 2.24) is 14.8 Å². The van der Waals surface area contributed by atoms with Gasteiger partial charge in [0.05, 0.1) is 17.3 Å². The Morgan fingerprint density at radius 2 is 2.20 bits per heavy atom. The number of nitrogen functional groups attached to an aromatic ring is 1. The zero-order chi connectivity index (χ0) is 14.1. The van der Waals surface area contributed by atoms with Crippen LogP contribution in [0.2, 0.25) is 0 Å². The maximum atomic E-state index is 12.1. The van der Waals surface area contributed by atoms with Crippen LogP contribution in [-0.2, 0) is 7.05 Å². The molecule has 100 valence electrons. The number of rotatable bonds is 2. The second-order valence-electron chi connectivity index (χ2n) is 4.43. The standard InChI is InChI=1S/C14H13N5O/c1-19-12-7-10(5-4-9(12)8-17-19)18-14(20)11-3-2-6-16-13(11)15/h2-8H,1H3,(H2,15,16)(H,18,20).